The van der Waals surface area contributed by atoms with E-state index in [9.17, 15) is 5.11 Å². The zero-order valence-corrected chi connectivity index (χ0v) is 11.5. The van der Waals surface area contributed by atoms with Crippen LogP contribution in [0.3, 0.4) is 0 Å². The summed E-state index contributed by atoms with van der Waals surface area (Å²) in [5.74, 6) is 0.324. The molecule has 0 spiro atoms. The van der Waals surface area contributed by atoms with Crippen LogP contribution >= 0.6 is 0 Å². The van der Waals surface area contributed by atoms with Crippen molar-refractivity contribution in [2.45, 2.75) is 19.8 Å². The Morgan fingerprint density at radius 2 is 2.21 bits per heavy atom. The molecule has 0 saturated heterocycles. The molecule has 2 aromatic rings. The van der Waals surface area contributed by atoms with Crippen LogP contribution in [-0.2, 0) is 6.42 Å². The van der Waals surface area contributed by atoms with Crippen LogP contribution in [0.15, 0.2) is 37.1 Å². The third-order valence-electron chi connectivity index (χ3n) is 3.38. The van der Waals surface area contributed by atoms with Crippen molar-refractivity contribution >= 4 is 10.9 Å². The van der Waals surface area contributed by atoms with E-state index in [-0.39, 0.29) is 0 Å². The number of rotatable bonds is 7. The van der Waals surface area contributed by atoms with E-state index in [0.29, 0.717) is 5.75 Å². The fraction of sp³-hybridized carbons (Fsp3) is 0.375. The normalized spacial score (nSPS) is 11.3. The van der Waals surface area contributed by atoms with E-state index in [1.165, 1.54) is 5.56 Å². The molecule has 1 aromatic carbocycles. The van der Waals surface area contributed by atoms with E-state index in [1.807, 2.05) is 24.4 Å². The molecule has 19 heavy (non-hydrogen) atoms. The number of hydrogen-bond donors (Lipinski definition) is 2. The number of phenols is 1. The summed E-state index contributed by atoms with van der Waals surface area (Å²) in [5.41, 5.74) is 2.34. The van der Waals surface area contributed by atoms with Gasteiger partial charge in [-0.1, -0.05) is 13.0 Å². The van der Waals surface area contributed by atoms with Gasteiger partial charge in [-0.25, -0.2) is 0 Å². The molecule has 0 fully saturated rings. The molecule has 0 atom stereocenters. The molecule has 0 radical (unpaired) electrons. The highest BCUT2D eigenvalue weighted by Gasteiger charge is 2.07. The quantitative estimate of drug-likeness (QED) is 0.748. The van der Waals surface area contributed by atoms with Crippen molar-refractivity contribution in [2.24, 2.45) is 0 Å². The number of nitrogens with one attached hydrogen (secondary N) is 1. The van der Waals surface area contributed by atoms with Crippen LogP contribution in [0, 0.1) is 0 Å². The summed E-state index contributed by atoms with van der Waals surface area (Å²) in [6, 6.07) is 5.46. The molecule has 1 heterocycles. The molecule has 1 aromatic heterocycles. The van der Waals surface area contributed by atoms with E-state index in [1.54, 1.807) is 6.07 Å². The van der Waals surface area contributed by atoms with Crippen LogP contribution in [0.25, 0.3) is 10.9 Å². The molecule has 0 bridgehead atoms. The van der Waals surface area contributed by atoms with Crippen LogP contribution in [0.2, 0.25) is 0 Å². The third kappa shape index (κ3) is 3.38. The molecule has 2 rings (SSSR count). The Kier molecular flexibility index (Phi) is 4.63. The number of aromatic hydroxyl groups is 1. The van der Waals surface area contributed by atoms with Crippen molar-refractivity contribution in [1.29, 1.82) is 0 Å². The zero-order chi connectivity index (χ0) is 13.7. The maximum atomic E-state index is 9.58. The smallest absolute Gasteiger partial charge is 0.116 e. The van der Waals surface area contributed by atoms with Crippen molar-refractivity contribution in [2.75, 3.05) is 19.6 Å². The topological polar surface area (TPSA) is 39.3 Å². The minimum absolute atomic E-state index is 0.324. The van der Waals surface area contributed by atoms with Gasteiger partial charge in [0.25, 0.3) is 0 Å². The molecule has 0 saturated carbocycles. The Morgan fingerprint density at radius 1 is 1.37 bits per heavy atom. The first-order chi connectivity index (χ1) is 9.24. The lowest BCUT2D eigenvalue weighted by molar-refractivity contribution is 0.307. The van der Waals surface area contributed by atoms with E-state index in [0.717, 1.165) is 43.4 Å². The molecule has 3 nitrogen and oxygen atoms in total. The predicted molar refractivity (Wildman–Crippen MR) is 80.6 cm³/mol. The van der Waals surface area contributed by atoms with Gasteiger partial charge in [0.1, 0.15) is 5.75 Å². The van der Waals surface area contributed by atoms with Crippen LogP contribution in [0.1, 0.15) is 18.9 Å². The van der Waals surface area contributed by atoms with Gasteiger partial charge in [-0.05, 0) is 43.1 Å². The summed E-state index contributed by atoms with van der Waals surface area (Å²) >= 11 is 0. The van der Waals surface area contributed by atoms with Crippen molar-refractivity contribution in [3.63, 3.8) is 0 Å². The van der Waals surface area contributed by atoms with Gasteiger partial charge in [0.2, 0.25) is 0 Å². The lowest BCUT2D eigenvalue weighted by Gasteiger charge is -2.19. The molecule has 102 valence electrons. The van der Waals surface area contributed by atoms with Crippen LogP contribution < -0.4 is 0 Å². The Morgan fingerprint density at radius 3 is 2.95 bits per heavy atom. The van der Waals surface area contributed by atoms with Gasteiger partial charge in [0.15, 0.2) is 0 Å². The first-order valence-electron chi connectivity index (χ1n) is 6.86. The summed E-state index contributed by atoms with van der Waals surface area (Å²) in [6.45, 7) is 9.05. The second-order valence-electron chi connectivity index (χ2n) is 4.88. The van der Waals surface area contributed by atoms with Crippen molar-refractivity contribution in [1.82, 2.24) is 9.88 Å². The van der Waals surface area contributed by atoms with Crippen molar-refractivity contribution in [3.8, 4) is 5.75 Å². The first kappa shape index (κ1) is 13.7. The first-order valence-corrected chi connectivity index (χ1v) is 6.86. The van der Waals surface area contributed by atoms with Gasteiger partial charge < -0.3 is 10.1 Å². The van der Waals surface area contributed by atoms with E-state index in [2.05, 4.69) is 23.4 Å². The Balaban J connectivity index is 2.08. The average molecular weight is 258 g/mol. The van der Waals surface area contributed by atoms with Crippen LogP contribution in [-0.4, -0.2) is 34.6 Å². The molecule has 0 unspecified atom stereocenters. The largest absolute Gasteiger partial charge is 0.508 e. The second kappa shape index (κ2) is 6.43. The molecule has 0 aliphatic heterocycles. The van der Waals surface area contributed by atoms with E-state index in [4.69, 9.17) is 0 Å². The number of phenolic OH excluding ortho intramolecular Hbond substituents is 1. The fourth-order valence-electron chi connectivity index (χ4n) is 2.44. The van der Waals surface area contributed by atoms with E-state index < -0.39 is 0 Å². The number of benzene rings is 1. The van der Waals surface area contributed by atoms with Crippen LogP contribution in [0.5, 0.6) is 5.75 Å². The Bertz CT molecular complexity index is 545. The molecule has 0 aliphatic rings. The van der Waals surface area contributed by atoms with E-state index >= 15 is 0 Å². The van der Waals surface area contributed by atoms with Gasteiger partial charge >= 0.3 is 0 Å². The lowest BCUT2D eigenvalue weighted by Crippen LogP contribution is -2.27. The molecular formula is C16H22N2O. The number of fused-ring (bicyclic) bond motifs is 1. The van der Waals surface area contributed by atoms with Gasteiger partial charge in [0.05, 0.1) is 0 Å². The second-order valence-corrected chi connectivity index (χ2v) is 4.88. The highest BCUT2D eigenvalue weighted by Crippen LogP contribution is 2.23. The van der Waals surface area contributed by atoms with Gasteiger partial charge in [-0.3, -0.25) is 4.90 Å². The highest BCUT2D eigenvalue weighted by atomic mass is 16.3. The molecule has 0 aliphatic carbocycles. The summed E-state index contributed by atoms with van der Waals surface area (Å²) < 4.78 is 0. The summed E-state index contributed by atoms with van der Waals surface area (Å²) in [7, 11) is 0. The van der Waals surface area contributed by atoms with Gasteiger partial charge in [0, 0.05) is 30.2 Å². The predicted octanol–water partition coefficient (Wildman–Crippen LogP) is 3.31. The van der Waals surface area contributed by atoms with Crippen molar-refractivity contribution < 1.29 is 5.11 Å². The van der Waals surface area contributed by atoms with Crippen LogP contribution in [0.4, 0.5) is 0 Å². The number of nitrogens with zero attached hydrogens (tertiary/aromatic N) is 1. The average Bonchev–Trinajstić information content (AvgIpc) is 2.79. The number of aromatic amines is 1. The minimum atomic E-state index is 0.324. The lowest BCUT2D eigenvalue weighted by atomic mass is 10.1. The molecule has 0 amide bonds. The van der Waals surface area contributed by atoms with Gasteiger partial charge in [-0.15, -0.1) is 6.58 Å². The maximum Gasteiger partial charge on any atom is 0.116 e. The summed E-state index contributed by atoms with van der Waals surface area (Å²) in [4.78, 5) is 5.65. The number of hydrogen-bond acceptors (Lipinski definition) is 2. The van der Waals surface area contributed by atoms with Gasteiger partial charge in [-0.2, -0.15) is 0 Å². The molecule has 2 N–H and O–H groups in total. The fourth-order valence-corrected chi connectivity index (χ4v) is 2.44. The maximum absolute atomic E-state index is 9.58. The number of H-pyrrole nitrogens is 1. The molecular weight excluding hydrogens is 236 g/mol. The minimum Gasteiger partial charge on any atom is -0.508 e. The highest BCUT2D eigenvalue weighted by molar-refractivity contribution is 5.84. The zero-order valence-electron chi connectivity index (χ0n) is 11.5. The SMILES string of the molecule is C=CCN(CCC)CCc1c[nH]c2ccc(O)cc12. The summed E-state index contributed by atoms with van der Waals surface area (Å²) in [6.07, 6.45) is 6.14. The molecule has 3 heteroatoms. The Hall–Kier alpha value is -1.74. The Labute approximate surface area is 114 Å². The van der Waals surface area contributed by atoms with Crippen molar-refractivity contribution in [3.05, 3.63) is 42.6 Å². The summed E-state index contributed by atoms with van der Waals surface area (Å²) in [5, 5.41) is 10.7. The third-order valence-corrected chi connectivity index (χ3v) is 3.38. The number of aromatic nitrogens is 1. The monoisotopic (exact) mass is 258 g/mol. The standard InChI is InChI=1S/C16H22N2O/c1-3-8-18(9-4-2)10-7-13-12-17-16-6-5-14(19)11-15(13)16/h3,5-6,11-12,17,19H,1,4,7-10H2,2H3.